The third kappa shape index (κ3) is 2.76. The number of aryl methyl sites for hydroxylation is 1. The van der Waals surface area contributed by atoms with Gasteiger partial charge in [-0.25, -0.2) is 4.98 Å². The van der Waals surface area contributed by atoms with Gasteiger partial charge in [-0.2, -0.15) is 0 Å². The van der Waals surface area contributed by atoms with Crippen molar-refractivity contribution in [1.82, 2.24) is 10.3 Å². The number of pyridine rings is 1. The summed E-state index contributed by atoms with van der Waals surface area (Å²) in [5, 5.41) is 3.09. The standard InChI is InChI=1S/C17H21N3O2/c1-11-13(7-8-14(19-11)15-4-3-9-22-15)16(21)20-17(2,10-18)12-5-6-12/h3-4,7-9,12H,5-6,10,18H2,1-2H3,(H,20,21). The molecule has 116 valence electrons. The number of hydrogen-bond donors (Lipinski definition) is 2. The Balaban J connectivity index is 1.81. The van der Waals surface area contributed by atoms with Crippen molar-refractivity contribution in [1.29, 1.82) is 0 Å². The molecular formula is C17H21N3O2. The van der Waals surface area contributed by atoms with Crippen LogP contribution in [0.5, 0.6) is 0 Å². The minimum atomic E-state index is -0.330. The van der Waals surface area contributed by atoms with Crippen LogP contribution < -0.4 is 11.1 Å². The molecule has 3 rings (SSSR count). The summed E-state index contributed by atoms with van der Waals surface area (Å²) in [6, 6.07) is 7.26. The van der Waals surface area contributed by atoms with Crippen LogP contribution in [-0.4, -0.2) is 23.0 Å². The van der Waals surface area contributed by atoms with E-state index in [2.05, 4.69) is 10.3 Å². The van der Waals surface area contributed by atoms with Gasteiger partial charge in [0.15, 0.2) is 5.76 Å². The maximum atomic E-state index is 12.5. The van der Waals surface area contributed by atoms with Gasteiger partial charge < -0.3 is 15.5 Å². The minimum Gasteiger partial charge on any atom is -0.463 e. The SMILES string of the molecule is Cc1nc(-c2ccco2)ccc1C(=O)NC(C)(CN)C1CC1. The molecule has 1 aliphatic rings. The van der Waals surface area contributed by atoms with Crippen LogP contribution in [0.15, 0.2) is 34.9 Å². The van der Waals surface area contributed by atoms with Gasteiger partial charge in [-0.1, -0.05) is 0 Å². The van der Waals surface area contributed by atoms with Crippen LogP contribution in [0.25, 0.3) is 11.5 Å². The molecule has 0 aromatic carbocycles. The second-order valence-electron chi connectivity index (χ2n) is 6.16. The number of nitrogens with one attached hydrogen (secondary N) is 1. The molecule has 2 aromatic heterocycles. The van der Waals surface area contributed by atoms with Crippen molar-refractivity contribution in [3.8, 4) is 11.5 Å². The number of carbonyl (C=O) groups is 1. The fourth-order valence-corrected chi connectivity index (χ4v) is 2.73. The first kappa shape index (κ1) is 14.8. The summed E-state index contributed by atoms with van der Waals surface area (Å²) in [6.07, 6.45) is 3.86. The fourth-order valence-electron chi connectivity index (χ4n) is 2.73. The Hall–Kier alpha value is -2.14. The lowest BCUT2D eigenvalue weighted by molar-refractivity contribution is 0.0897. The van der Waals surface area contributed by atoms with E-state index in [1.807, 2.05) is 26.0 Å². The predicted octanol–water partition coefficient (Wildman–Crippen LogP) is 2.51. The lowest BCUT2D eigenvalue weighted by atomic mass is 9.95. The predicted molar refractivity (Wildman–Crippen MR) is 84.3 cm³/mol. The molecule has 22 heavy (non-hydrogen) atoms. The Morgan fingerprint density at radius 2 is 2.23 bits per heavy atom. The van der Waals surface area contributed by atoms with Gasteiger partial charge in [-0.3, -0.25) is 4.79 Å². The van der Waals surface area contributed by atoms with E-state index in [-0.39, 0.29) is 11.4 Å². The Bertz CT molecular complexity index is 677. The highest BCUT2D eigenvalue weighted by Crippen LogP contribution is 2.39. The Morgan fingerprint density at radius 3 is 2.77 bits per heavy atom. The highest BCUT2D eigenvalue weighted by Gasteiger charge is 2.41. The van der Waals surface area contributed by atoms with Gasteiger partial charge >= 0.3 is 0 Å². The number of nitrogens with zero attached hydrogens (tertiary/aromatic N) is 1. The molecule has 1 aliphatic carbocycles. The van der Waals surface area contributed by atoms with Gasteiger partial charge in [0.05, 0.1) is 23.1 Å². The topological polar surface area (TPSA) is 81.2 Å². The monoisotopic (exact) mass is 299 g/mol. The van der Waals surface area contributed by atoms with E-state index < -0.39 is 0 Å². The molecule has 1 unspecified atom stereocenters. The van der Waals surface area contributed by atoms with Crippen LogP contribution >= 0.6 is 0 Å². The Kier molecular flexibility index (Phi) is 3.74. The van der Waals surface area contributed by atoms with Gasteiger partial charge in [0.1, 0.15) is 5.69 Å². The first-order valence-corrected chi connectivity index (χ1v) is 7.57. The first-order chi connectivity index (χ1) is 10.5. The molecule has 1 fully saturated rings. The zero-order valence-electron chi connectivity index (χ0n) is 12.9. The quantitative estimate of drug-likeness (QED) is 0.889. The van der Waals surface area contributed by atoms with E-state index >= 15 is 0 Å². The van der Waals surface area contributed by atoms with E-state index in [9.17, 15) is 4.79 Å². The third-order valence-corrected chi connectivity index (χ3v) is 4.41. The highest BCUT2D eigenvalue weighted by molar-refractivity contribution is 5.96. The van der Waals surface area contributed by atoms with Crippen LogP contribution in [0.1, 0.15) is 35.8 Å². The van der Waals surface area contributed by atoms with E-state index in [0.717, 1.165) is 18.5 Å². The molecule has 3 N–H and O–H groups in total. The molecular weight excluding hydrogens is 278 g/mol. The normalized spacial score (nSPS) is 17.0. The Labute approximate surface area is 129 Å². The van der Waals surface area contributed by atoms with Gasteiger partial charge in [-0.05, 0) is 56.9 Å². The number of carbonyl (C=O) groups excluding carboxylic acids is 1. The number of rotatable bonds is 5. The summed E-state index contributed by atoms with van der Waals surface area (Å²) in [6.45, 7) is 4.29. The number of furan rings is 1. The molecule has 1 atom stereocenters. The Morgan fingerprint density at radius 1 is 1.45 bits per heavy atom. The van der Waals surface area contributed by atoms with E-state index in [0.29, 0.717) is 29.5 Å². The smallest absolute Gasteiger partial charge is 0.253 e. The molecule has 0 spiro atoms. The average molecular weight is 299 g/mol. The minimum absolute atomic E-state index is 0.115. The summed E-state index contributed by atoms with van der Waals surface area (Å²) in [4.78, 5) is 17.0. The van der Waals surface area contributed by atoms with Crippen LogP contribution in [0.2, 0.25) is 0 Å². The second-order valence-corrected chi connectivity index (χ2v) is 6.16. The number of hydrogen-bond acceptors (Lipinski definition) is 4. The van der Waals surface area contributed by atoms with E-state index in [1.54, 1.807) is 18.4 Å². The summed E-state index contributed by atoms with van der Waals surface area (Å²) in [7, 11) is 0. The molecule has 2 heterocycles. The molecule has 2 aromatic rings. The van der Waals surface area contributed by atoms with Crippen molar-refractivity contribution < 1.29 is 9.21 Å². The summed E-state index contributed by atoms with van der Waals surface area (Å²) in [5.41, 5.74) is 7.51. The van der Waals surface area contributed by atoms with Crippen LogP contribution in [0, 0.1) is 12.8 Å². The number of amides is 1. The van der Waals surface area contributed by atoms with Crippen molar-refractivity contribution in [3.05, 3.63) is 41.8 Å². The summed E-state index contributed by atoms with van der Waals surface area (Å²) < 4.78 is 5.33. The average Bonchev–Trinajstić information content (AvgIpc) is 3.23. The summed E-state index contributed by atoms with van der Waals surface area (Å²) >= 11 is 0. The van der Waals surface area contributed by atoms with E-state index in [4.69, 9.17) is 10.2 Å². The maximum absolute atomic E-state index is 12.5. The molecule has 1 saturated carbocycles. The lowest BCUT2D eigenvalue weighted by Gasteiger charge is -2.29. The molecule has 5 nitrogen and oxygen atoms in total. The zero-order valence-corrected chi connectivity index (χ0v) is 12.9. The largest absolute Gasteiger partial charge is 0.463 e. The van der Waals surface area contributed by atoms with Crippen LogP contribution in [0.3, 0.4) is 0 Å². The van der Waals surface area contributed by atoms with Gasteiger partial charge in [-0.15, -0.1) is 0 Å². The third-order valence-electron chi connectivity index (χ3n) is 4.41. The molecule has 0 aliphatic heterocycles. The van der Waals surface area contributed by atoms with Crippen LogP contribution in [-0.2, 0) is 0 Å². The van der Waals surface area contributed by atoms with E-state index in [1.165, 1.54) is 0 Å². The van der Waals surface area contributed by atoms with Gasteiger partial charge in [0.25, 0.3) is 5.91 Å². The zero-order chi connectivity index (χ0) is 15.7. The summed E-state index contributed by atoms with van der Waals surface area (Å²) in [5.74, 6) is 1.06. The molecule has 5 heteroatoms. The van der Waals surface area contributed by atoms with Crippen LogP contribution in [0.4, 0.5) is 0 Å². The lowest BCUT2D eigenvalue weighted by Crippen LogP contribution is -2.53. The van der Waals surface area contributed by atoms with Crippen molar-refractivity contribution in [2.45, 2.75) is 32.2 Å². The van der Waals surface area contributed by atoms with Crippen molar-refractivity contribution in [2.75, 3.05) is 6.54 Å². The highest BCUT2D eigenvalue weighted by atomic mass is 16.3. The van der Waals surface area contributed by atoms with Crippen molar-refractivity contribution in [3.63, 3.8) is 0 Å². The van der Waals surface area contributed by atoms with Crippen molar-refractivity contribution >= 4 is 5.91 Å². The fraction of sp³-hybridized carbons (Fsp3) is 0.412. The second kappa shape index (κ2) is 5.57. The molecule has 0 radical (unpaired) electrons. The maximum Gasteiger partial charge on any atom is 0.253 e. The molecule has 1 amide bonds. The molecule has 0 bridgehead atoms. The van der Waals surface area contributed by atoms with Crippen molar-refractivity contribution in [2.24, 2.45) is 11.7 Å². The number of aromatic nitrogens is 1. The number of nitrogens with two attached hydrogens (primary N) is 1. The molecule has 0 saturated heterocycles. The first-order valence-electron chi connectivity index (χ1n) is 7.57. The van der Waals surface area contributed by atoms with Gasteiger partial charge in [0, 0.05) is 6.54 Å². The van der Waals surface area contributed by atoms with Gasteiger partial charge in [0.2, 0.25) is 0 Å².